The standard InChI is InChI=1S/C17H16N2O2S/c1-11-6-3-4-8-13(11)21-10-15(20)18-17-19-16-12(2)7-5-9-14(16)22-17/h3-9H,10H2,1-2H3,(H,18,19,20). The summed E-state index contributed by atoms with van der Waals surface area (Å²) in [6.07, 6.45) is 0. The van der Waals surface area contributed by atoms with Gasteiger partial charge in [-0.05, 0) is 37.1 Å². The Kier molecular flexibility index (Phi) is 4.06. The Labute approximate surface area is 132 Å². The summed E-state index contributed by atoms with van der Waals surface area (Å²) in [5.74, 6) is 0.512. The third-order valence-corrected chi connectivity index (χ3v) is 4.26. The largest absolute Gasteiger partial charge is 0.483 e. The van der Waals surface area contributed by atoms with Gasteiger partial charge in [-0.3, -0.25) is 10.1 Å². The van der Waals surface area contributed by atoms with Gasteiger partial charge in [0, 0.05) is 0 Å². The molecule has 3 rings (SSSR count). The minimum Gasteiger partial charge on any atom is -0.483 e. The maximum absolute atomic E-state index is 12.0. The monoisotopic (exact) mass is 312 g/mol. The zero-order chi connectivity index (χ0) is 15.5. The van der Waals surface area contributed by atoms with E-state index in [1.807, 2.05) is 56.3 Å². The van der Waals surface area contributed by atoms with Crippen molar-refractivity contribution in [3.63, 3.8) is 0 Å². The number of aryl methyl sites for hydroxylation is 2. The number of nitrogens with one attached hydrogen (secondary N) is 1. The van der Waals surface area contributed by atoms with Crippen LogP contribution in [0, 0.1) is 13.8 Å². The number of hydrogen-bond acceptors (Lipinski definition) is 4. The molecule has 0 spiro atoms. The highest BCUT2D eigenvalue weighted by atomic mass is 32.1. The quantitative estimate of drug-likeness (QED) is 0.794. The van der Waals surface area contributed by atoms with E-state index in [1.54, 1.807) is 0 Å². The van der Waals surface area contributed by atoms with Gasteiger partial charge in [-0.15, -0.1) is 0 Å². The van der Waals surface area contributed by atoms with E-state index < -0.39 is 0 Å². The number of anilines is 1. The molecule has 0 aliphatic carbocycles. The molecule has 4 nitrogen and oxygen atoms in total. The zero-order valence-electron chi connectivity index (χ0n) is 12.4. The molecule has 1 heterocycles. The molecule has 112 valence electrons. The zero-order valence-corrected chi connectivity index (χ0v) is 13.2. The molecule has 0 fully saturated rings. The molecule has 3 aromatic rings. The van der Waals surface area contributed by atoms with Crippen LogP contribution in [0.15, 0.2) is 42.5 Å². The maximum Gasteiger partial charge on any atom is 0.264 e. The molecule has 22 heavy (non-hydrogen) atoms. The van der Waals surface area contributed by atoms with Gasteiger partial charge in [-0.1, -0.05) is 41.7 Å². The van der Waals surface area contributed by atoms with Crippen LogP contribution in [-0.2, 0) is 4.79 Å². The summed E-state index contributed by atoms with van der Waals surface area (Å²) in [6, 6.07) is 13.6. The number of hydrogen-bond donors (Lipinski definition) is 1. The van der Waals surface area contributed by atoms with E-state index in [9.17, 15) is 4.79 Å². The van der Waals surface area contributed by atoms with Gasteiger partial charge in [0.25, 0.3) is 5.91 Å². The van der Waals surface area contributed by atoms with E-state index in [4.69, 9.17) is 4.74 Å². The normalized spacial score (nSPS) is 10.6. The lowest BCUT2D eigenvalue weighted by Gasteiger charge is -2.07. The van der Waals surface area contributed by atoms with Crippen LogP contribution in [0.1, 0.15) is 11.1 Å². The number of carbonyl (C=O) groups excluding carboxylic acids is 1. The van der Waals surface area contributed by atoms with Crippen LogP contribution in [0.5, 0.6) is 5.75 Å². The van der Waals surface area contributed by atoms with Gasteiger partial charge < -0.3 is 4.74 Å². The Morgan fingerprint density at radius 1 is 1.14 bits per heavy atom. The van der Waals surface area contributed by atoms with Crippen molar-refractivity contribution in [1.29, 1.82) is 0 Å². The lowest BCUT2D eigenvalue weighted by Crippen LogP contribution is -2.20. The summed E-state index contributed by atoms with van der Waals surface area (Å²) >= 11 is 1.47. The van der Waals surface area contributed by atoms with Crippen molar-refractivity contribution >= 4 is 32.6 Å². The van der Waals surface area contributed by atoms with E-state index in [1.165, 1.54) is 11.3 Å². The minimum atomic E-state index is -0.208. The molecule has 1 N–H and O–H groups in total. The molecule has 1 amide bonds. The number of carbonyl (C=O) groups is 1. The number of benzene rings is 2. The summed E-state index contributed by atoms with van der Waals surface area (Å²) in [4.78, 5) is 16.4. The first kappa shape index (κ1) is 14.5. The lowest BCUT2D eigenvalue weighted by molar-refractivity contribution is -0.118. The van der Waals surface area contributed by atoms with Crippen LogP contribution in [0.25, 0.3) is 10.2 Å². The van der Waals surface area contributed by atoms with Crippen LogP contribution < -0.4 is 10.1 Å². The Balaban J connectivity index is 1.66. The number of amides is 1. The van der Waals surface area contributed by atoms with Gasteiger partial charge in [0.2, 0.25) is 0 Å². The van der Waals surface area contributed by atoms with Crippen molar-refractivity contribution in [2.24, 2.45) is 0 Å². The third kappa shape index (κ3) is 3.09. The second kappa shape index (κ2) is 6.15. The number of nitrogens with zero attached hydrogens (tertiary/aromatic N) is 1. The summed E-state index contributed by atoms with van der Waals surface area (Å²) in [6.45, 7) is 3.93. The molecule has 1 aromatic heterocycles. The van der Waals surface area contributed by atoms with Crippen molar-refractivity contribution in [3.8, 4) is 5.75 Å². The Morgan fingerprint density at radius 2 is 1.91 bits per heavy atom. The Morgan fingerprint density at radius 3 is 2.68 bits per heavy atom. The molecule has 5 heteroatoms. The predicted molar refractivity (Wildman–Crippen MR) is 89.7 cm³/mol. The molecule has 0 bridgehead atoms. The topological polar surface area (TPSA) is 51.2 Å². The Bertz CT molecular complexity index is 826. The first-order valence-electron chi connectivity index (χ1n) is 6.98. The van der Waals surface area contributed by atoms with Crippen molar-refractivity contribution in [2.75, 3.05) is 11.9 Å². The first-order chi connectivity index (χ1) is 10.6. The number of ether oxygens (including phenoxy) is 1. The summed E-state index contributed by atoms with van der Waals surface area (Å²) in [7, 11) is 0. The van der Waals surface area contributed by atoms with E-state index in [0.29, 0.717) is 5.13 Å². The second-order valence-electron chi connectivity index (χ2n) is 5.04. The van der Waals surface area contributed by atoms with Gasteiger partial charge >= 0.3 is 0 Å². The number of para-hydroxylation sites is 2. The Hall–Kier alpha value is -2.40. The smallest absolute Gasteiger partial charge is 0.264 e. The van der Waals surface area contributed by atoms with Crippen LogP contribution in [-0.4, -0.2) is 17.5 Å². The minimum absolute atomic E-state index is 0.0280. The van der Waals surface area contributed by atoms with Crippen molar-refractivity contribution in [3.05, 3.63) is 53.6 Å². The molecule has 0 atom stereocenters. The van der Waals surface area contributed by atoms with Crippen molar-refractivity contribution < 1.29 is 9.53 Å². The molecule has 0 saturated heterocycles. The molecular weight excluding hydrogens is 296 g/mol. The highest BCUT2D eigenvalue weighted by Gasteiger charge is 2.10. The summed E-state index contributed by atoms with van der Waals surface area (Å²) in [5.41, 5.74) is 3.04. The van der Waals surface area contributed by atoms with Crippen LogP contribution in [0.3, 0.4) is 0 Å². The van der Waals surface area contributed by atoms with Gasteiger partial charge in [0.05, 0.1) is 10.2 Å². The highest BCUT2D eigenvalue weighted by molar-refractivity contribution is 7.22. The molecule has 0 aliphatic heterocycles. The number of rotatable bonds is 4. The van der Waals surface area contributed by atoms with E-state index in [0.717, 1.165) is 27.1 Å². The molecular formula is C17H16N2O2S. The van der Waals surface area contributed by atoms with E-state index in [-0.39, 0.29) is 12.5 Å². The average molecular weight is 312 g/mol. The van der Waals surface area contributed by atoms with Crippen LogP contribution in [0.4, 0.5) is 5.13 Å². The fraction of sp³-hybridized carbons (Fsp3) is 0.176. The van der Waals surface area contributed by atoms with Gasteiger partial charge in [0.15, 0.2) is 11.7 Å². The highest BCUT2D eigenvalue weighted by Crippen LogP contribution is 2.27. The van der Waals surface area contributed by atoms with Gasteiger partial charge in [-0.25, -0.2) is 4.98 Å². The molecule has 0 unspecified atom stereocenters. The van der Waals surface area contributed by atoms with E-state index >= 15 is 0 Å². The van der Waals surface area contributed by atoms with Crippen molar-refractivity contribution in [2.45, 2.75) is 13.8 Å². The number of aromatic nitrogens is 1. The molecule has 0 aliphatic rings. The average Bonchev–Trinajstić information content (AvgIpc) is 2.90. The first-order valence-corrected chi connectivity index (χ1v) is 7.79. The predicted octanol–water partition coefficient (Wildman–Crippen LogP) is 3.93. The van der Waals surface area contributed by atoms with E-state index in [2.05, 4.69) is 10.3 Å². The summed E-state index contributed by atoms with van der Waals surface area (Å²) < 4.78 is 6.60. The molecule has 2 aromatic carbocycles. The van der Waals surface area contributed by atoms with Gasteiger partial charge in [0.1, 0.15) is 5.75 Å². The SMILES string of the molecule is Cc1ccccc1OCC(=O)Nc1nc2c(C)cccc2s1. The number of thiazole rings is 1. The second-order valence-corrected chi connectivity index (χ2v) is 6.07. The van der Waals surface area contributed by atoms with Crippen LogP contribution >= 0.6 is 11.3 Å². The lowest BCUT2D eigenvalue weighted by atomic mass is 10.2. The fourth-order valence-electron chi connectivity index (χ4n) is 2.16. The molecule has 0 saturated carbocycles. The molecule has 0 radical (unpaired) electrons. The third-order valence-electron chi connectivity index (χ3n) is 3.32. The fourth-order valence-corrected chi connectivity index (χ4v) is 3.12. The maximum atomic E-state index is 12.0. The van der Waals surface area contributed by atoms with Crippen LogP contribution in [0.2, 0.25) is 0 Å². The van der Waals surface area contributed by atoms with Gasteiger partial charge in [-0.2, -0.15) is 0 Å². The van der Waals surface area contributed by atoms with Crippen molar-refractivity contribution in [1.82, 2.24) is 4.98 Å². The number of fused-ring (bicyclic) bond motifs is 1. The summed E-state index contributed by atoms with van der Waals surface area (Å²) in [5, 5.41) is 3.39.